The van der Waals surface area contributed by atoms with Crippen molar-refractivity contribution in [2.75, 3.05) is 11.9 Å². The summed E-state index contributed by atoms with van der Waals surface area (Å²) in [5, 5.41) is 14.1. The van der Waals surface area contributed by atoms with Crippen LogP contribution in [-0.4, -0.2) is 29.6 Å². The third kappa shape index (κ3) is 5.69. The van der Waals surface area contributed by atoms with Crippen molar-refractivity contribution in [3.63, 3.8) is 0 Å². The normalized spacial score (nSPS) is 12.1. The van der Waals surface area contributed by atoms with Crippen molar-refractivity contribution in [3.8, 4) is 0 Å². The van der Waals surface area contributed by atoms with Crippen LogP contribution in [0.15, 0.2) is 18.2 Å². The van der Waals surface area contributed by atoms with Crippen LogP contribution in [-0.2, 0) is 9.59 Å². The van der Waals surface area contributed by atoms with Crippen LogP contribution in [0.3, 0.4) is 0 Å². The van der Waals surface area contributed by atoms with Gasteiger partial charge in [-0.25, -0.2) is 4.39 Å². The van der Waals surface area contributed by atoms with Crippen molar-refractivity contribution in [1.29, 1.82) is 0 Å². The Morgan fingerprint density at radius 1 is 1.33 bits per heavy atom. The molecule has 0 aliphatic carbocycles. The van der Waals surface area contributed by atoms with Crippen molar-refractivity contribution in [1.82, 2.24) is 5.32 Å². The Bertz CT molecular complexity index is 523. The molecule has 5 nitrogen and oxygen atoms in total. The number of nitrogens with one attached hydrogen (secondary N) is 2. The Morgan fingerprint density at radius 2 is 2.00 bits per heavy atom. The SMILES string of the molecule is CC(C)C(O)CCNC(=O)C(=O)Nc1ccc(Cl)c(F)c1. The molecule has 0 spiro atoms. The minimum Gasteiger partial charge on any atom is -0.393 e. The predicted molar refractivity (Wildman–Crippen MR) is 78.5 cm³/mol. The Labute approximate surface area is 127 Å². The lowest BCUT2D eigenvalue weighted by Gasteiger charge is -2.14. The number of rotatable bonds is 5. The van der Waals surface area contributed by atoms with E-state index in [0.29, 0.717) is 6.42 Å². The molecule has 1 unspecified atom stereocenters. The number of benzene rings is 1. The quantitative estimate of drug-likeness (QED) is 0.726. The summed E-state index contributed by atoms with van der Waals surface area (Å²) in [4.78, 5) is 23.1. The Hall–Kier alpha value is -1.66. The summed E-state index contributed by atoms with van der Waals surface area (Å²) >= 11 is 5.51. The number of anilines is 1. The lowest BCUT2D eigenvalue weighted by molar-refractivity contribution is -0.136. The average Bonchev–Trinajstić information content (AvgIpc) is 2.42. The van der Waals surface area contributed by atoms with E-state index in [0.717, 1.165) is 6.07 Å². The summed E-state index contributed by atoms with van der Waals surface area (Å²) < 4.78 is 13.2. The number of aliphatic hydroxyl groups excluding tert-OH is 1. The zero-order valence-corrected chi connectivity index (χ0v) is 12.6. The highest BCUT2D eigenvalue weighted by atomic mass is 35.5. The molecule has 0 saturated heterocycles. The number of halogens is 2. The van der Waals surface area contributed by atoms with Crippen molar-refractivity contribution in [3.05, 3.63) is 29.0 Å². The number of aliphatic hydroxyl groups is 1. The average molecular weight is 317 g/mol. The van der Waals surface area contributed by atoms with Crippen LogP contribution in [0.5, 0.6) is 0 Å². The van der Waals surface area contributed by atoms with Gasteiger partial charge in [0, 0.05) is 12.2 Å². The molecule has 3 N–H and O–H groups in total. The monoisotopic (exact) mass is 316 g/mol. The zero-order valence-electron chi connectivity index (χ0n) is 11.8. The molecule has 0 aliphatic heterocycles. The van der Waals surface area contributed by atoms with E-state index in [2.05, 4.69) is 10.6 Å². The van der Waals surface area contributed by atoms with Gasteiger partial charge in [-0.15, -0.1) is 0 Å². The molecule has 0 heterocycles. The molecule has 0 radical (unpaired) electrons. The van der Waals surface area contributed by atoms with E-state index < -0.39 is 23.7 Å². The van der Waals surface area contributed by atoms with E-state index in [1.165, 1.54) is 12.1 Å². The molecule has 0 fully saturated rings. The molecular weight excluding hydrogens is 299 g/mol. The van der Waals surface area contributed by atoms with E-state index in [1.54, 1.807) is 0 Å². The van der Waals surface area contributed by atoms with Crippen LogP contribution < -0.4 is 10.6 Å². The maximum absolute atomic E-state index is 13.2. The number of amides is 2. The molecular formula is C14H18ClFN2O3. The van der Waals surface area contributed by atoms with Crippen molar-refractivity contribution in [2.24, 2.45) is 5.92 Å². The number of carbonyl (C=O) groups is 2. The largest absolute Gasteiger partial charge is 0.393 e. The van der Waals surface area contributed by atoms with E-state index in [1.807, 2.05) is 13.8 Å². The number of hydrogen-bond donors (Lipinski definition) is 3. The Balaban J connectivity index is 2.44. The molecule has 21 heavy (non-hydrogen) atoms. The fraction of sp³-hybridized carbons (Fsp3) is 0.429. The second-order valence-corrected chi connectivity index (χ2v) is 5.35. The standard InChI is InChI=1S/C14H18ClFN2O3/c1-8(2)12(19)5-6-17-13(20)14(21)18-9-3-4-10(15)11(16)7-9/h3-4,7-8,12,19H,5-6H2,1-2H3,(H,17,20)(H,18,21). The van der Waals surface area contributed by atoms with Crippen LogP contribution in [0.2, 0.25) is 5.02 Å². The second-order valence-electron chi connectivity index (χ2n) is 4.94. The Kier molecular flexibility index (Phi) is 6.58. The van der Waals surface area contributed by atoms with Gasteiger partial charge in [-0.3, -0.25) is 9.59 Å². The van der Waals surface area contributed by atoms with E-state index in [9.17, 15) is 19.1 Å². The fourth-order valence-corrected chi connectivity index (χ4v) is 1.63. The topological polar surface area (TPSA) is 78.4 Å². The lowest BCUT2D eigenvalue weighted by atomic mass is 10.0. The molecule has 0 aliphatic rings. The summed E-state index contributed by atoms with van der Waals surface area (Å²) in [6.45, 7) is 3.89. The Morgan fingerprint density at radius 3 is 2.57 bits per heavy atom. The highest BCUT2D eigenvalue weighted by Gasteiger charge is 2.15. The van der Waals surface area contributed by atoms with Crippen molar-refractivity contribution >= 4 is 29.1 Å². The van der Waals surface area contributed by atoms with E-state index >= 15 is 0 Å². The third-order valence-corrected chi connectivity index (χ3v) is 3.19. The molecule has 0 bridgehead atoms. The molecule has 0 saturated carbocycles. The van der Waals surface area contributed by atoms with Gasteiger partial charge in [-0.05, 0) is 30.5 Å². The van der Waals surface area contributed by atoms with E-state index in [-0.39, 0.29) is 23.2 Å². The first-order chi connectivity index (χ1) is 9.81. The maximum Gasteiger partial charge on any atom is 0.313 e. The number of hydrogen-bond acceptors (Lipinski definition) is 3. The van der Waals surface area contributed by atoms with Crippen molar-refractivity contribution < 1.29 is 19.1 Å². The van der Waals surface area contributed by atoms with Gasteiger partial charge in [0.1, 0.15) is 5.82 Å². The predicted octanol–water partition coefficient (Wildman–Crippen LogP) is 1.94. The number of carbonyl (C=O) groups excluding carboxylic acids is 2. The van der Waals surface area contributed by atoms with Crippen LogP contribution in [0, 0.1) is 11.7 Å². The summed E-state index contributed by atoms with van der Waals surface area (Å²) in [5.74, 6) is -2.36. The maximum atomic E-state index is 13.2. The molecule has 0 aromatic heterocycles. The highest BCUT2D eigenvalue weighted by molar-refractivity contribution is 6.39. The van der Waals surface area contributed by atoms with Gasteiger partial charge < -0.3 is 15.7 Å². The fourth-order valence-electron chi connectivity index (χ4n) is 1.51. The van der Waals surface area contributed by atoms with E-state index in [4.69, 9.17) is 11.6 Å². The molecule has 116 valence electrons. The molecule has 7 heteroatoms. The minimum atomic E-state index is -0.907. The minimum absolute atomic E-state index is 0.0693. The highest BCUT2D eigenvalue weighted by Crippen LogP contribution is 2.18. The smallest absolute Gasteiger partial charge is 0.313 e. The van der Waals surface area contributed by atoms with Crippen LogP contribution >= 0.6 is 11.6 Å². The molecule has 1 rings (SSSR count). The summed E-state index contributed by atoms with van der Waals surface area (Å²) in [6, 6.07) is 3.69. The molecule has 1 aromatic rings. The van der Waals surface area contributed by atoms with Gasteiger partial charge in [0.05, 0.1) is 11.1 Å². The van der Waals surface area contributed by atoms with Gasteiger partial charge in [0.2, 0.25) is 0 Å². The van der Waals surface area contributed by atoms with Gasteiger partial charge in [0.15, 0.2) is 0 Å². The van der Waals surface area contributed by atoms with Crippen molar-refractivity contribution in [2.45, 2.75) is 26.4 Å². The first-order valence-electron chi connectivity index (χ1n) is 6.53. The second kappa shape index (κ2) is 7.95. The third-order valence-electron chi connectivity index (χ3n) is 2.88. The first kappa shape index (κ1) is 17.4. The summed E-state index contributed by atoms with van der Waals surface area (Å²) in [7, 11) is 0. The zero-order chi connectivity index (χ0) is 16.0. The molecule has 1 aromatic carbocycles. The van der Waals surface area contributed by atoms with Crippen LogP contribution in [0.4, 0.5) is 10.1 Å². The van der Waals surface area contributed by atoms with Gasteiger partial charge in [-0.1, -0.05) is 25.4 Å². The van der Waals surface area contributed by atoms with Gasteiger partial charge >= 0.3 is 11.8 Å². The van der Waals surface area contributed by atoms with Gasteiger partial charge in [-0.2, -0.15) is 0 Å². The summed E-state index contributed by atoms with van der Waals surface area (Å²) in [6.07, 6.45) is -0.189. The molecule has 1 atom stereocenters. The van der Waals surface area contributed by atoms with Gasteiger partial charge in [0.25, 0.3) is 0 Å². The van der Waals surface area contributed by atoms with Crippen LogP contribution in [0.25, 0.3) is 0 Å². The van der Waals surface area contributed by atoms with Crippen LogP contribution in [0.1, 0.15) is 20.3 Å². The lowest BCUT2D eigenvalue weighted by Crippen LogP contribution is -2.37. The first-order valence-corrected chi connectivity index (χ1v) is 6.91. The summed E-state index contributed by atoms with van der Waals surface area (Å²) in [5.41, 5.74) is 0.138. The molecule has 2 amide bonds.